The van der Waals surface area contributed by atoms with Gasteiger partial charge < -0.3 is 10.1 Å². The number of carbonyl (C=O) groups is 2. The summed E-state index contributed by atoms with van der Waals surface area (Å²) in [5, 5.41) is 7.32. The van der Waals surface area contributed by atoms with Crippen LogP contribution in [-0.4, -0.2) is 28.3 Å². The average Bonchev–Trinajstić information content (AvgIpc) is 2.99. The number of para-hydroxylation sites is 1. The van der Waals surface area contributed by atoms with Gasteiger partial charge in [0.25, 0.3) is 5.91 Å². The summed E-state index contributed by atoms with van der Waals surface area (Å²) in [7, 11) is 0. The lowest BCUT2D eigenvalue weighted by atomic mass is 10.0. The zero-order chi connectivity index (χ0) is 21.7. The molecule has 0 fully saturated rings. The Hall–Kier alpha value is -3.12. The van der Waals surface area contributed by atoms with Gasteiger partial charge in [-0.15, -0.1) is 0 Å². The number of amides is 1. The van der Waals surface area contributed by atoms with Crippen molar-refractivity contribution in [3.8, 4) is 11.1 Å². The van der Waals surface area contributed by atoms with Gasteiger partial charge >= 0.3 is 5.97 Å². The predicted octanol–water partition coefficient (Wildman–Crippen LogP) is 4.96. The second-order valence-electron chi connectivity index (χ2n) is 7.36. The summed E-state index contributed by atoms with van der Waals surface area (Å²) >= 11 is 6.30. The highest BCUT2D eigenvalue weighted by atomic mass is 35.5. The van der Waals surface area contributed by atoms with Gasteiger partial charge in [0.2, 0.25) is 0 Å². The van der Waals surface area contributed by atoms with Gasteiger partial charge in [0, 0.05) is 17.8 Å². The second kappa shape index (κ2) is 9.59. The molecule has 1 aromatic heterocycles. The Balaban J connectivity index is 1.66. The number of nitrogens with zero attached hydrogens (tertiary/aromatic N) is 2. The molecule has 156 valence electrons. The van der Waals surface area contributed by atoms with Crippen LogP contribution in [0.4, 0.5) is 5.69 Å². The molecule has 0 atom stereocenters. The van der Waals surface area contributed by atoms with Crippen molar-refractivity contribution < 1.29 is 14.3 Å². The molecule has 7 heteroatoms. The number of hydrogen-bond donors (Lipinski definition) is 1. The fraction of sp³-hybridized carbons (Fsp3) is 0.261. The highest BCUT2D eigenvalue weighted by Crippen LogP contribution is 2.27. The smallest absolute Gasteiger partial charge is 0.343 e. The fourth-order valence-electron chi connectivity index (χ4n) is 3.10. The Labute approximate surface area is 180 Å². The van der Waals surface area contributed by atoms with Crippen LogP contribution in [0.2, 0.25) is 5.15 Å². The number of aryl methyl sites for hydroxylation is 1. The minimum atomic E-state index is -0.668. The van der Waals surface area contributed by atoms with E-state index in [0.717, 1.165) is 11.1 Å². The van der Waals surface area contributed by atoms with Crippen LogP contribution in [0.3, 0.4) is 0 Å². The number of carbonyl (C=O) groups excluding carboxylic acids is 2. The van der Waals surface area contributed by atoms with Crippen molar-refractivity contribution in [1.29, 1.82) is 0 Å². The van der Waals surface area contributed by atoms with Gasteiger partial charge in [-0.25, -0.2) is 4.79 Å². The maximum atomic E-state index is 12.5. The second-order valence-corrected chi connectivity index (χ2v) is 7.72. The maximum Gasteiger partial charge on any atom is 0.343 e. The highest BCUT2D eigenvalue weighted by Gasteiger charge is 2.23. The number of hydrogen-bond acceptors (Lipinski definition) is 4. The van der Waals surface area contributed by atoms with Gasteiger partial charge in [0.05, 0.1) is 5.69 Å². The Morgan fingerprint density at radius 2 is 1.77 bits per heavy atom. The van der Waals surface area contributed by atoms with Gasteiger partial charge in [-0.2, -0.15) is 5.10 Å². The van der Waals surface area contributed by atoms with E-state index in [1.165, 1.54) is 0 Å². The molecule has 0 radical (unpaired) electrons. The van der Waals surface area contributed by atoms with E-state index in [2.05, 4.69) is 10.4 Å². The lowest BCUT2D eigenvalue weighted by Crippen LogP contribution is -2.21. The van der Waals surface area contributed by atoms with E-state index in [0.29, 0.717) is 23.8 Å². The lowest BCUT2D eigenvalue weighted by molar-refractivity contribution is -0.119. The molecule has 3 aromatic rings. The average molecular weight is 426 g/mol. The highest BCUT2D eigenvalue weighted by molar-refractivity contribution is 6.32. The molecule has 1 amide bonds. The Kier molecular flexibility index (Phi) is 6.90. The first kappa shape index (κ1) is 21.6. The molecule has 2 aromatic carbocycles. The molecule has 1 N–H and O–H groups in total. The van der Waals surface area contributed by atoms with E-state index in [1.54, 1.807) is 17.7 Å². The van der Waals surface area contributed by atoms with Crippen LogP contribution in [-0.2, 0) is 16.1 Å². The van der Waals surface area contributed by atoms with Crippen molar-refractivity contribution in [3.63, 3.8) is 0 Å². The zero-order valence-electron chi connectivity index (χ0n) is 17.2. The first-order valence-electron chi connectivity index (χ1n) is 9.71. The minimum Gasteiger partial charge on any atom is -0.452 e. The van der Waals surface area contributed by atoms with Crippen LogP contribution in [0.25, 0.3) is 11.1 Å². The molecule has 0 bridgehead atoms. The van der Waals surface area contributed by atoms with Gasteiger partial charge in [0.15, 0.2) is 6.61 Å². The number of benzene rings is 2. The summed E-state index contributed by atoms with van der Waals surface area (Å²) in [5.41, 5.74) is 3.16. The number of ether oxygens (including phenoxy) is 1. The summed E-state index contributed by atoms with van der Waals surface area (Å²) in [6.45, 7) is 5.91. The molecular formula is C23H24ClN3O3. The van der Waals surface area contributed by atoms with Gasteiger partial charge in [-0.1, -0.05) is 74.0 Å². The normalized spacial score (nSPS) is 10.8. The third kappa shape index (κ3) is 5.07. The SMILES string of the molecule is Cc1nn(CC(C)C)c(Cl)c1C(=O)OCC(=O)Nc1ccccc1-c1ccccc1. The largest absolute Gasteiger partial charge is 0.452 e. The van der Waals surface area contributed by atoms with Crippen LogP contribution < -0.4 is 5.32 Å². The number of aromatic nitrogens is 2. The maximum absolute atomic E-state index is 12.5. The molecule has 0 aliphatic rings. The third-order valence-corrected chi connectivity index (χ3v) is 4.81. The molecule has 0 aliphatic heterocycles. The minimum absolute atomic E-state index is 0.190. The molecule has 0 spiro atoms. The molecule has 1 heterocycles. The van der Waals surface area contributed by atoms with Gasteiger partial charge in [-0.3, -0.25) is 9.48 Å². The number of halogens is 1. The van der Waals surface area contributed by atoms with E-state index < -0.39 is 18.5 Å². The lowest BCUT2D eigenvalue weighted by Gasteiger charge is -2.11. The fourth-order valence-corrected chi connectivity index (χ4v) is 3.42. The van der Waals surface area contributed by atoms with E-state index in [1.807, 2.05) is 62.4 Å². The third-order valence-electron chi connectivity index (χ3n) is 4.43. The van der Waals surface area contributed by atoms with Gasteiger partial charge in [0.1, 0.15) is 10.7 Å². The van der Waals surface area contributed by atoms with Crippen molar-refractivity contribution in [2.75, 3.05) is 11.9 Å². The van der Waals surface area contributed by atoms with E-state index in [9.17, 15) is 9.59 Å². The summed E-state index contributed by atoms with van der Waals surface area (Å²) in [6.07, 6.45) is 0. The molecule has 0 saturated heterocycles. The molecule has 30 heavy (non-hydrogen) atoms. The number of rotatable bonds is 7. The summed E-state index contributed by atoms with van der Waals surface area (Å²) < 4.78 is 6.78. The molecule has 0 saturated carbocycles. The number of anilines is 1. The van der Waals surface area contributed by atoms with Crippen LogP contribution in [0.5, 0.6) is 0 Å². The number of nitrogens with one attached hydrogen (secondary N) is 1. The first-order chi connectivity index (χ1) is 14.4. The molecule has 0 unspecified atom stereocenters. The number of esters is 1. The van der Waals surface area contributed by atoms with Gasteiger partial charge in [-0.05, 0) is 24.5 Å². The predicted molar refractivity (Wildman–Crippen MR) is 118 cm³/mol. The summed E-state index contributed by atoms with van der Waals surface area (Å²) in [5.74, 6) is -0.782. The van der Waals surface area contributed by atoms with Crippen LogP contribution in [0.15, 0.2) is 54.6 Å². The van der Waals surface area contributed by atoms with E-state index in [-0.39, 0.29) is 10.7 Å². The molecule has 3 rings (SSSR count). The first-order valence-corrected chi connectivity index (χ1v) is 10.1. The topological polar surface area (TPSA) is 73.2 Å². The molecule has 0 aliphatic carbocycles. The van der Waals surface area contributed by atoms with Crippen LogP contribution in [0.1, 0.15) is 29.9 Å². The summed E-state index contributed by atoms with van der Waals surface area (Å²) in [4.78, 5) is 24.9. The van der Waals surface area contributed by atoms with Crippen molar-refractivity contribution in [2.45, 2.75) is 27.3 Å². The van der Waals surface area contributed by atoms with E-state index in [4.69, 9.17) is 16.3 Å². The summed E-state index contributed by atoms with van der Waals surface area (Å²) in [6, 6.07) is 17.2. The van der Waals surface area contributed by atoms with Crippen molar-refractivity contribution in [2.24, 2.45) is 5.92 Å². The monoisotopic (exact) mass is 425 g/mol. The van der Waals surface area contributed by atoms with Crippen LogP contribution >= 0.6 is 11.6 Å². The molecule has 6 nitrogen and oxygen atoms in total. The van der Waals surface area contributed by atoms with E-state index >= 15 is 0 Å². The Morgan fingerprint density at radius 1 is 1.10 bits per heavy atom. The van der Waals surface area contributed by atoms with Crippen molar-refractivity contribution in [3.05, 3.63) is 71.0 Å². The zero-order valence-corrected chi connectivity index (χ0v) is 17.9. The standard InChI is InChI=1S/C23H24ClN3O3/c1-15(2)13-27-22(24)21(16(3)26-27)23(29)30-14-20(28)25-19-12-8-7-11-18(19)17-9-5-4-6-10-17/h4-12,15H,13-14H2,1-3H3,(H,25,28). The van der Waals surface area contributed by atoms with Crippen molar-refractivity contribution >= 4 is 29.2 Å². The quantitative estimate of drug-likeness (QED) is 0.543. The van der Waals surface area contributed by atoms with Crippen molar-refractivity contribution in [1.82, 2.24) is 9.78 Å². The van der Waals surface area contributed by atoms with Crippen LogP contribution in [0, 0.1) is 12.8 Å². The Morgan fingerprint density at radius 3 is 2.47 bits per heavy atom. The molecular weight excluding hydrogens is 402 g/mol. The Bertz CT molecular complexity index is 1050.